The van der Waals surface area contributed by atoms with Crippen LogP contribution in [0.5, 0.6) is 0 Å². The summed E-state index contributed by atoms with van der Waals surface area (Å²) in [6.45, 7) is 6.04. The number of fused-ring (bicyclic) bond motifs is 1. The predicted octanol–water partition coefficient (Wildman–Crippen LogP) is 2.78. The highest BCUT2D eigenvalue weighted by Crippen LogP contribution is 2.28. The van der Waals surface area contributed by atoms with E-state index in [1.165, 1.54) is 0 Å². The largest absolute Gasteiger partial charge is 0.369 e. The lowest BCUT2D eigenvalue weighted by Gasteiger charge is -2.36. The fraction of sp³-hybridized carbons (Fsp3) is 0.429. The number of likely N-dealkylation sites (N-methyl/N-ethyl adjacent to an activating group) is 1. The molecule has 0 unspecified atom stereocenters. The Morgan fingerprint density at radius 3 is 2.46 bits per heavy atom. The Morgan fingerprint density at radius 2 is 1.81 bits per heavy atom. The number of piperidine rings is 1. The number of anilines is 1. The standard InChI is InChI=1S/C21H27N3O2/c1-3-24(19-10-6-8-16-7-4-5-9-18(16)19)21(26)15(2)23-13-11-17(12-14-23)20(22)25/h4-10,15,17H,3,11-14H2,1-2H3,(H2,22,25)/t15-/m1/s1. The van der Waals surface area contributed by atoms with Crippen molar-refractivity contribution in [2.45, 2.75) is 32.7 Å². The van der Waals surface area contributed by atoms with Crippen molar-refractivity contribution in [1.29, 1.82) is 0 Å². The Hall–Kier alpha value is -2.40. The zero-order valence-corrected chi connectivity index (χ0v) is 15.5. The van der Waals surface area contributed by atoms with Gasteiger partial charge in [0.2, 0.25) is 11.8 Å². The highest BCUT2D eigenvalue weighted by Gasteiger charge is 2.31. The normalized spacial score (nSPS) is 17.2. The second-order valence-electron chi connectivity index (χ2n) is 6.97. The number of nitrogens with two attached hydrogens (primary N) is 1. The van der Waals surface area contributed by atoms with E-state index in [-0.39, 0.29) is 23.8 Å². The van der Waals surface area contributed by atoms with E-state index in [0.717, 1.165) is 42.4 Å². The molecule has 5 heteroatoms. The second kappa shape index (κ2) is 7.87. The molecule has 2 aromatic carbocycles. The van der Waals surface area contributed by atoms with Crippen molar-refractivity contribution in [3.05, 3.63) is 42.5 Å². The zero-order chi connectivity index (χ0) is 18.7. The van der Waals surface area contributed by atoms with Crippen LogP contribution in [-0.2, 0) is 9.59 Å². The lowest BCUT2D eigenvalue weighted by molar-refractivity contribution is -0.125. The number of carbonyl (C=O) groups excluding carboxylic acids is 2. The SMILES string of the molecule is CCN(C(=O)[C@@H](C)N1CCC(C(N)=O)CC1)c1cccc2ccccc12. The first-order chi connectivity index (χ1) is 12.5. The molecule has 1 saturated heterocycles. The summed E-state index contributed by atoms with van der Waals surface area (Å²) in [6.07, 6.45) is 1.46. The summed E-state index contributed by atoms with van der Waals surface area (Å²) in [4.78, 5) is 28.6. The molecule has 0 aliphatic carbocycles. The van der Waals surface area contributed by atoms with Gasteiger partial charge in [0.1, 0.15) is 0 Å². The van der Waals surface area contributed by atoms with Crippen molar-refractivity contribution < 1.29 is 9.59 Å². The summed E-state index contributed by atoms with van der Waals surface area (Å²) in [5, 5.41) is 2.22. The number of likely N-dealkylation sites (tertiary alicyclic amines) is 1. The molecule has 0 spiro atoms. The fourth-order valence-electron chi connectivity index (χ4n) is 3.84. The average molecular weight is 353 g/mol. The number of hydrogen-bond acceptors (Lipinski definition) is 3. The molecule has 1 atom stereocenters. The van der Waals surface area contributed by atoms with Gasteiger partial charge >= 0.3 is 0 Å². The minimum Gasteiger partial charge on any atom is -0.369 e. The average Bonchev–Trinajstić information content (AvgIpc) is 2.68. The summed E-state index contributed by atoms with van der Waals surface area (Å²) < 4.78 is 0. The third-order valence-electron chi connectivity index (χ3n) is 5.48. The van der Waals surface area contributed by atoms with Gasteiger partial charge in [0.05, 0.1) is 11.7 Å². The van der Waals surface area contributed by atoms with Crippen LogP contribution in [0.25, 0.3) is 10.8 Å². The third-order valence-corrected chi connectivity index (χ3v) is 5.48. The van der Waals surface area contributed by atoms with E-state index < -0.39 is 0 Å². The van der Waals surface area contributed by atoms with E-state index in [1.807, 2.05) is 43.0 Å². The van der Waals surface area contributed by atoms with Gasteiger partial charge in [-0.2, -0.15) is 0 Å². The number of nitrogens with zero attached hydrogens (tertiary/aromatic N) is 2. The van der Waals surface area contributed by atoms with Gasteiger partial charge in [-0.05, 0) is 51.2 Å². The molecule has 0 saturated carbocycles. The molecule has 2 amide bonds. The van der Waals surface area contributed by atoms with Crippen molar-refractivity contribution in [1.82, 2.24) is 4.90 Å². The molecule has 1 aliphatic heterocycles. The number of rotatable bonds is 5. The van der Waals surface area contributed by atoms with E-state index in [1.54, 1.807) is 0 Å². The van der Waals surface area contributed by atoms with Gasteiger partial charge in [-0.1, -0.05) is 36.4 Å². The van der Waals surface area contributed by atoms with Crippen LogP contribution in [0, 0.1) is 5.92 Å². The maximum atomic E-state index is 13.2. The van der Waals surface area contributed by atoms with E-state index in [2.05, 4.69) is 23.1 Å². The van der Waals surface area contributed by atoms with Gasteiger partial charge in [0.25, 0.3) is 0 Å². The minimum atomic E-state index is -0.227. The van der Waals surface area contributed by atoms with Gasteiger partial charge in [-0.15, -0.1) is 0 Å². The molecule has 2 N–H and O–H groups in total. The first-order valence-electron chi connectivity index (χ1n) is 9.35. The van der Waals surface area contributed by atoms with Crippen molar-refractivity contribution in [3.63, 3.8) is 0 Å². The number of carbonyl (C=O) groups is 2. The van der Waals surface area contributed by atoms with Crippen LogP contribution < -0.4 is 10.6 Å². The molecule has 1 heterocycles. The second-order valence-corrected chi connectivity index (χ2v) is 6.97. The Morgan fingerprint density at radius 1 is 1.15 bits per heavy atom. The van der Waals surface area contributed by atoms with E-state index >= 15 is 0 Å². The fourth-order valence-corrected chi connectivity index (χ4v) is 3.84. The van der Waals surface area contributed by atoms with Crippen molar-refractivity contribution in [2.24, 2.45) is 11.7 Å². The van der Waals surface area contributed by atoms with Crippen LogP contribution in [0.15, 0.2) is 42.5 Å². The zero-order valence-electron chi connectivity index (χ0n) is 15.5. The summed E-state index contributed by atoms with van der Waals surface area (Å²) >= 11 is 0. The molecule has 3 rings (SSSR count). The topological polar surface area (TPSA) is 66.6 Å². The van der Waals surface area contributed by atoms with Gasteiger partial charge in [0, 0.05) is 17.8 Å². The van der Waals surface area contributed by atoms with Gasteiger partial charge in [0.15, 0.2) is 0 Å². The molecule has 138 valence electrons. The van der Waals surface area contributed by atoms with Crippen molar-refractivity contribution in [2.75, 3.05) is 24.5 Å². The highest BCUT2D eigenvalue weighted by atomic mass is 16.2. The van der Waals surface area contributed by atoms with Gasteiger partial charge < -0.3 is 10.6 Å². The molecular weight excluding hydrogens is 326 g/mol. The monoisotopic (exact) mass is 353 g/mol. The van der Waals surface area contributed by atoms with Crippen LogP contribution in [0.4, 0.5) is 5.69 Å². The summed E-state index contributed by atoms with van der Waals surface area (Å²) in [5.41, 5.74) is 6.37. The predicted molar refractivity (Wildman–Crippen MR) is 105 cm³/mol. The van der Waals surface area contributed by atoms with E-state index in [4.69, 9.17) is 5.73 Å². The smallest absolute Gasteiger partial charge is 0.244 e. The quantitative estimate of drug-likeness (QED) is 0.899. The minimum absolute atomic E-state index is 0.0612. The molecule has 1 fully saturated rings. The highest BCUT2D eigenvalue weighted by molar-refractivity contribution is 6.05. The summed E-state index contributed by atoms with van der Waals surface area (Å²) in [6, 6.07) is 14.0. The van der Waals surface area contributed by atoms with Crippen LogP contribution in [-0.4, -0.2) is 42.4 Å². The number of amides is 2. The van der Waals surface area contributed by atoms with E-state index in [0.29, 0.717) is 6.54 Å². The van der Waals surface area contributed by atoms with Crippen molar-refractivity contribution >= 4 is 28.3 Å². The Balaban J connectivity index is 1.79. The van der Waals surface area contributed by atoms with Crippen LogP contribution in [0.1, 0.15) is 26.7 Å². The molecule has 0 bridgehead atoms. The van der Waals surface area contributed by atoms with Gasteiger partial charge in [-0.25, -0.2) is 0 Å². The summed E-state index contributed by atoms with van der Waals surface area (Å²) in [5.74, 6) is -0.190. The molecular formula is C21H27N3O2. The number of primary amides is 1. The lowest BCUT2D eigenvalue weighted by Crippen LogP contribution is -2.50. The Bertz CT molecular complexity index is 791. The van der Waals surface area contributed by atoms with E-state index in [9.17, 15) is 9.59 Å². The maximum absolute atomic E-state index is 13.2. The Kier molecular flexibility index (Phi) is 5.57. The first-order valence-corrected chi connectivity index (χ1v) is 9.35. The van der Waals surface area contributed by atoms with Crippen LogP contribution in [0.3, 0.4) is 0 Å². The maximum Gasteiger partial charge on any atom is 0.244 e. The van der Waals surface area contributed by atoms with Crippen LogP contribution in [0.2, 0.25) is 0 Å². The third kappa shape index (κ3) is 3.58. The van der Waals surface area contributed by atoms with Crippen molar-refractivity contribution in [3.8, 4) is 0 Å². The first kappa shape index (κ1) is 18.4. The lowest BCUT2D eigenvalue weighted by atomic mass is 9.95. The molecule has 5 nitrogen and oxygen atoms in total. The molecule has 0 aromatic heterocycles. The number of benzene rings is 2. The molecule has 2 aromatic rings. The van der Waals surface area contributed by atoms with Gasteiger partial charge in [-0.3, -0.25) is 14.5 Å². The molecule has 1 aliphatic rings. The molecule has 0 radical (unpaired) electrons. The molecule has 26 heavy (non-hydrogen) atoms. The Labute approximate surface area is 154 Å². The van der Waals surface area contributed by atoms with Crippen LogP contribution >= 0.6 is 0 Å². The number of hydrogen-bond donors (Lipinski definition) is 1. The summed E-state index contributed by atoms with van der Waals surface area (Å²) in [7, 11) is 0.